The molecule has 1 radical (unpaired) electrons. The second-order valence-electron chi connectivity index (χ2n) is 3.20. The minimum Gasteiger partial charge on any atom is -0.0836 e. The van der Waals surface area contributed by atoms with Gasteiger partial charge in [-0.2, -0.15) is 0 Å². The van der Waals surface area contributed by atoms with E-state index in [-0.39, 0.29) is 0 Å². The molecule has 1 aromatic rings. The standard InChI is InChI=1S/C10H9Cl2/c11-8-4-5-9(10(12)6-8)7-2-1-3-7/h4-5,7H,1-3H2. The summed E-state index contributed by atoms with van der Waals surface area (Å²) in [6.45, 7) is 0. The lowest BCUT2D eigenvalue weighted by molar-refractivity contribution is 0.420. The predicted molar refractivity (Wildman–Crippen MR) is 51.9 cm³/mol. The monoisotopic (exact) mass is 199 g/mol. The lowest BCUT2D eigenvalue weighted by Crippen LogP contribution is -2.08. The van der Waals surface area contributed by atoms with Crippen molar-refractivity contribution in [1.82, 2.24) is 0 Å². The molecule has 0 N–H and O–H groups in total. The molecule has 0 saturated heterocycles. The van der Waals surface area contributed by atoms with E-state index >= 15 is 0 Å². The zero-order chi connectivity index (χ0) is 8.55. The molecular formula is C10H9Cl2. The Labute approximate surface area is 82.5 Å². The lowest BCUT2D eigenvalue weighted by Gasteiger charge is -2.26. The molecular weight excluding hydrogens is 191 g/mol. The van der Waals surface area contributed by atoms with E-state index < -0.39 is 0 Å². The minimum atomic E-state index is 0.600. The number of rotatable bonds is 1. The van der Waals surface area contributed by atoms with Gasteiger partial charge in [0.1, 0.15) is 0 Å². The van der Waals surface area contributed by atoms with Crippen molar-refractivity contribution in [1.29, 1.82) is 0 Å². The van der Waals surface area contributed by atoms with Gasteiger partial charge in [0.2, 0.25) is 0 Å². The van der Waals surface area contributed by atoms with Crippen LogP contribution in [0.4, 0.5) is 0 Å². The summed E-state index contributed by atoms with van der Waals surface area (Å²) >= 11 is 11.7. The molecule has 0 aromatic heterocycles. The third-order valence-electron chi connectivity index (χ3n) is 2.44. The Hall–Kier alpha value is -0.200. The summed E-state index contributed by atoms with van der Waals surface area (Å²) < 4.78 is 0. The average molecular weight is 200 g/mol. The number of hydrogen-bond donors (Lipinski definition) is 0. The second-order valence-corrected chi connectivity index (χ2v) is 3.99. The van der Waals surface area contributed by atoms with Crippen molar-refractivity contribution < 1.29 is 0 Å². The first-order valence-electron chi connectivity index (χ1n) is 4.14. The Kier molecular flexibility index (Phi) is 2.29. The smallest absolute Gasteiger partial charge is 0.0535 e. The van der Waals surface area contributed by atoms with Gasteiger partial charge in [0.05, 0.1) is 10.0 Å². The Morgan fingerprint density at radius 2 is 2.00 bits per heavy atom. The summed E-state index contributed by atoms with van der Waals surface area (Å²) in [4.78, 5) is 0. The van der Waals surface area contributed by atoms with Crippen LogP contribution >= 0.6 is 23.2 Å². The number of benzene rings is 1. The van der Waals surface area contributed by atoms with Crippen molar-refractivity contribution in [3.05, 3.63) is 33.8 Å². The molecule has 2 heteroatoms. The summed E-state index contributed by atoms with van der Waals surface area (Å²) in [5.74, 6) is 0.658. The second kappa shape index (κ2) is 3.27. The van der Waals surface area contributed by atoms with E-state index in [1.807, 2.05) is 12.1 Å². The molecule has 1 fully saturated rings. The number of halogens is 2. The molecule has 0 unspecified atom stereocenters. The van der Waals surface area contributed by atoms with Gasteiger partial charge < -0.3 is 0 Å². The van der Waals surface area contributed by atoms with Gasteiger partial charge >= 0.3 is 0 Å². The largest absolute Gasteiger partial charge is 0.0836 e. The Bertz CT molecular complexity index is 290. The van der Waals surface area contributed by atoms with E-state index in [0.717, 1.165) is 0 Å². The summed E-state index contributed by atoms with van der Waals surface area (Å²) in [7, 11) is 0. The third kappa shape index (κ3) is 1.46. The van der Waals surface area contributed by atoms with E-state index in [2.05, 4.69) is 6.07 Å². The van der Waals surface area contributed by atoms with Crippen LogP contribution in [-0.2, 0) is 0 Å². The summed E-state index contributed by atoms with van der Waals surface area (Å²) in [6, 6.07) is 6.80. The molecule has 1 aliphatic carbocycles. The van der Waals surface area contributed by atoms with Crippen LogP contribution in [0.2, 0.25) is 10.0 Å². The third-order valence-corrected chi connectivity index (χ3v) is 2.97. The molecule has 12 heavy (non-hydrogen) atoms. The Morgan fingerprint density at radius 3 is 2.50 bits per heavy atom. The van der Waals surface area contributed by atoms with Gasteiger partial charge in [-0.1, -0.05) is 35.7 Å². The molecule has 63 valence electrons. The van der Waals surface area contributed by atoms with E-state index in [1.54, 1.807) is 0 Å². The van der Waals surface area contributed by atoms with Crippen LogP contribution in [0, 0.1) is 6.07 Å². The maximum atomic E-state index is 6.00. The highest BCUT2D eigenvalue weighted by Gasteiger charge is 2.21. The molecule has 0 nitrogen and oxygen atoms in total. The highest BCUT2D eigenvalue weighted by molar-refractivity contribution is 6.34. The van der Waals surface area contributed by atoms with Crippen LogP contribution in [0.25, 0.3) is 0 Å². The molecule has 0 atom stereocenters. The Balaban J connectivity index is 2.31. The minimum absolute atomic E-state index is 0.600. The predicted octanol–water partition coefficient (Wildman–Crippen LogP) is 4.06. The van der Waals surface area contributed by atoms with Gasteiger partial charge in [-0.3, -0.25) is 0 Å². The normalized spacial score (nSPS) is 17.5. The molecule has 1 saturated carbocycles. The van der Waals surface area contributed by atoms with E-state index in [9.17, 15) is 0 Å². The van der Waals surface area contributed by atoms with Crippen molar-refractivity contribution in [3.8, 4) is 0 Å². The first-order chi connectivity index (χ1) is 5.77. The topological polar surface area (TPSA) is 0 Å². The molecule has 2 rings (SSSR count). The fourth-order valence-electron chi connectivity index (χ4n) is 1.49. The van der Waals surface area contributed by atoms with Crippen LogP contribution in [0.1, 0.15) is 30.7 Å². The lowest BCUT2D eigenvalue weighted by atomic mass is 9.80. The van der Waals surface area contributed by atoms with Crippen LogP contribution < -0.4 is 0 Å². The maximum absolute atomic E-state index is 6.00. The van der Waals surface area contributed by atoms with E-state index in [0.29, 0.717) is 16.0 Å². The molecule has 0 bridgehead atoms. The van der Waals surface area contributed by atoms with Crippen molar-refractivity contribution in [3.63, 3.8) is 0 Å². The van der Waals surface area contributed by atoms with Gasteiger partial charge in [-0.05, 0) is 30.4 Å². The van der Waals surface area contributed by atoms with Crippen molar-refractivity contribution in [2.45, 2.75) is 25.2 Å². The number of hydrogen-bond acceptors (Lipinski definition) is 0. The highest BCUT2D eigenvalue weighted by atomic mass is 35.5. The van der Waals surface area contributed by atoms with Crippen LogP contribution in [0.5, 0.6) is 0 Å². The molecule has 0 aliphatic heterocycles. The van der Waals surface area contributed by atoms with Crippen LogP contribution in [-0.4, -0.2) is 0 Å². The SMILES string of the molecule is Clc1[c]c(Cl)c(C2CCC2)cc1. The quantitative estimate of drug-likeness (QED) is 0.641. The molecule has 1 aliphatic rings. The fourth-order valence-corrected chi connectivity index (χ4v) is 2.01. The highest BCUT2D eigenvalue weighted by Crippen LogP contribution is 2.39. The zero-order valence-electron chi connectivity index (χ0n) is 6.61. The van der Waals surface area contributed by atoms with Gasteiger partial charge in [0, 0.05) is 6.07 Å². The summed E-state index contributed by atoms with van der Waals surface area (Å²) in [5.41, 5.74) is 1.22. The fraction of sp³-hybridized carbons (Fsp3) is 0.400. The van der Waals surface area contributed by atoms with Gasteiger partial charge in [-0.25, -0.2) is 0 Å². The first-order valence-corrected chi connectivity index (χ1v) is 4.90. The van der Waals surface area contributed by atoms with E-state index in [4.69, 9.17) is 23.2 Å². The van der Waals surface area contributed by atoms with Gasteiger partial charge in [0.25, 0.3) is 0 Å². The van der Waals surface area contributed by atoms with Crippen LogP contribution in [0.3, 0.4) is 0 Å². The molecule has 0 amide bonds. The van der Waals surface area contributed by atoms with Gasteiger partial charge in [-0.15, -0.1) is 0 Å². The first kappa shape index (κ1) is 8.40. The molecule has 0 spiro atoms. The zero-order valence-corrected chi connectivity index (χ0v) is 8.12. The van der Waals surface area contributed by atoms with Crippen molar-refractivity contribution in [2.75, 3.05) is 0 Å². The molecule has 1 aromatic carbocycles. The maximum Gasteiger partial charge on any atom is 0.0535 e. The Morgan fingerprint density at radius 1 is 1.25 bits per heavy atom. The van der Waals surface area contributed by atoms with E-state index in [1.165, 1.54) is 24.8 Å². The van der Waals surface area contributed by atoms with Crippen molar-refractivity contribution in [2.24, 2.45) is 0 Å². The van der Waals surface area contributed by atoms with Gasteiger partial charge in [0.15, 0.2) is 0 Å². The summed E-state index contributed by atoms with van der Waals surface area (Å²) in [6.07, 6.45) is 3.84. The summed E-state index contributed by atoms with van der Waals surface area (Å²) in [5, 5.41) is 1.30. The van der Waals surface area contributed by atoms with Crippen LogP contribution in [0.15, 0.2) is 12.1 Å². The average Bonchev–Trinajstić information content (AvgIpc) is 1.91. The van der Waals surface area contributed by atoms with Crippen molar-refractivity contribution >= 4 is 23.2 Å². The molecule has 0 heterocycles.